The number of methoxy groups -OCH3 is 2. The largest absolute Gasteiger partial charge is 0.466 e. The molecule has 6 heteroatoms. The maximum Gasteiger partial charge on any atom is 0.338 e. The van der Waals surface area contributed by atoms with Gasteiger partial charge in [-0.1, -0.05) is 12.1 Å². The topological polar surface area (TPSA) is 71.1 Å². The third-order valence-electron chi connectivity index (χ3n) is 2.79. The predicted molar refractivity (Wildman–Crippen MR) is 73.7 cm³/mol. The lowest BCUT2D eigenvalue weighted by molar-refractivity contribution is -0.135. The average molecular weight is 290 g/mol. The Balaban J connectivity index is 2.32. The van der Waals surface area contributed by atoms with Gasteiger partial charge in [-0.2, -0.15) is 0 Å². The van der Waals surface area contributed by atoms with E-state index in [0.717, 1.165) is 0 Å². The van der Waals surface area contributed by atoms with Crippen molar-refractivity contribution >= 4 is 17.5 Å². The normalized spacial score (nSPS) is 13.3. The van der Waals surface area contributed by atoms with Crippen LogP contribution in [0.4, 0.5) is 0 Å². The minimum Gasteiger partial charge on any atom is -0.466 e. The van der Waals surface area contributed by atoms with Crippen LogP contribution in [0, 0.1) is 0 Å². The molecule has 2 rings (SSSR count). The fourth-order valence-electron chi connectivity index (χ4n) is 1.75. The summed E-state index contributed by atoms with van der Waals surface area (Å²) in [5, 5.41) is 0. The molecule has 110 valence electrons. The van der Waals surface area contributed by atoms with Crippen molar-refractivity contribution < 1.29 is 28.5 Å². The van der Waals surface area contributed by atoms with Crippen molar-refractivity contribution in [2.24, 2.45) is 0 Å². The molecule has 21 heavy (non-hydrogen) atoms. The maximum atomic E-state index is 11.8. The van der Waals surface area contributed by atoms with Gasteiger partial charge in [0.05, 0.1) is 19.8 Å². The van der Waals surface area contributed by atoms with Crippen LogP contribution in [0.5, 0.6) is 11.5 Å². The molecule has 1 aliphatic heterocycles. The number of ether oxygens (including phenoxy) is 4. The number of hydrogen-bond donors (Lipinski definition) is 0. The molecule has 0 saturated heterocycles. The van der Waals surface area contributed by atoms with Crippen molar-refractivity contribution in [2.45, 2.75) is 0 Å². The Morgan fingerprint density at radius 3 is 2.62 bits per heavy atom. The fraction of sp³-hybridized carbons (Fsp3) is 0.200. The number of esters is 2. The number of rotatable bonds is 4. The quantitative estimate of drug-likeness (QED) is 0.477. The molecule has 0 spiro atoms. The SMILES string of the molecule is COC(=O)C=CC=C(C(=O)OC)c1ccc2c(c1)OCO2. The lowest BCUT2D eigenvalue weighted by atomic mass is 10.0. The summed E-state index contributed by atoms with van der Waals surface area (Å²) >= 11 is 0. The molecule has 0 unspecified atom stereocenters. The smallest absolute Gasteiger partial charge is 0.338 e. The van der Waals surface area contributed by atoms with Crippen molar-refractivity contribution in [1.82, 2.24) is 0 Å². The molecule has 1 aromatic carbocycles. The molecule has 1 aliphatic rings. The van der Waals surface area contributed by atoms with Gasteiger partial charge in [-0.05, 0) is 23.8 Å². The van der Waals surface area contributed by atoms with Crippen LogP contribution in [-0.2, 0) is 19.1 Å². The van der Waals surface area contributed by atoms with E-state index in [0.29, 0.717) is 17.1 Å². The van der Waals surface area contributed by atoms with Crippen LogP contribution < -0.4 is 9.47 Å². The molecular weight excluding hydrogens is 276 g/mol. The summed E-state index contributed by atoms with van der Waals surface area (Å²) in [7, 11) is 2.56. The zero-order valence-electron chi connectivity index (χ0n) is 11.6. The van der Waals surface area contributed by atoms with Crippen molar-refractivity contribution in [3.8, 4) is 11.5 Å². The van der Waals surface area contributed by atoms with Crippen molar-refractivity contribution in [2.75, 3.05) is 21.0 Å². The Hall–Kier alpha value is -2.76. The number of carbonyl (C=O) groups is 2. The van der Waals surface area contributed by atoms with Crippen molar-refractivity contribution in [1.29, 1.82) is 0 Å². The van der Waals surface area contributed by atoms with Gasteiger partial charge in [0.15, 0.2) is 11.5 Å². The Kier molecular flexibility index (Phi) is 4.61. The van der Waals surface area contributed by atoms with E-state index >= 15 is 0 Å². The predicted octanol–water partition coefficient (Wildman–Crippen LogP) is 1.70. The summed E-state index contributed by atoms with van der Waals surface area (Å²) in [6, 6.07) is 5.10. The zero-order valence-corrected chi connectivity index (χ0v) is 11.6. The minimum atomic E-state index is -0.525. The number of carbonyl (C=O) groups excluding carboxylic acids is 2. The van der Waals surface area contributed by atoms with E-state index in [1.807, 2.05) is 0 Å². The van der Waals surface area contributed by atoms with Gasteiger partial charge in [0, 0.05) is 6.08 Å². The highest BCUT2D eigenvalue weighted by atomic mass is 16.7. The number of allylic oxidation sites excluding steroid dienone is 2. The molecule has 1 heterocycles. The van der Waals surface area contributed by atoms with Crippen LogP contribution in [-0.4, -0.2) is 33.0 Å². The highest BCUT2D eigenvalue weighted by Crippen LogP contribution is 2.34. The first-order valence-corrected chi connectivity index (χ1v) is 6.10. The monoisotopic (exact) mass is 290 g/mol. The number of fused-ring (bicyclic) bond motifs is 1. The van der Waals surface area contributed by atoms with E-state index in [1.54, 1.807) is 18.2 Å². The van der Waals surface area contributed by atoms with Crippen molar-refractivity contribution in [3.05, 3.63) is 42.0 Å². The van der Waals surface area contributed by atoms with Crippen LogP contribution in [0.3, 0.4) is 0 Å². The first kappa shape index (κ1) is 14.6. The van der Waals surface area contributed by atoms with Crippen LogP contribution in [0.25, 0.3) is 5.57 Å². The van der Waals surface area contributed by atoms with E-state index in [-0.39, 0.29) is 12.4 Å². The van der Waals surface area contributed by atoms with E-state index < -0.39 is 11.9 Å². The van der Waals surface area contributed by atoms with Gasteiger partial charge in [0.2, 0.25) is 6.79 Å². The van der Waals surface area contributed by atoms with Gasteiger partial charge in [0.1, 0.15) is 0 Å². The maximum absolute atomic E-state index is 11.8. The summed E-state index contributed by atoms with van der Waals surface area (Å²) in [5.74, 6) is 0.136. The fourth-order valence-corrected chi connectivity index (χ4v) is 1.75. The van der Waals surface area contributed by atoms with Crippen LogP contribution in [0.15, 0.2) is 36.4 Å². The summed E-state index contributed by atoms with van der Waals surface area (Å²) < 4.78 is 19.7. The molecule has 1 aromatic rings. The Morgan fingerprint density at radius 1 is 1.14 bits per heavy atom. The third kappa shape index (κ3) is 3.42. The first-order valence-electron chi connectivity index (χ1n) is 6.10. The van der Waals surface area contributed by atoms with Gasteiger partial charge in [0.25, 0.3) is 0 Å². The Labute approximate surface area is 121 Å². The van der Waals surface area contributed by atoms with Crippen LogP contribution in [0.1, 0.15) is 5.56 Å². The third-order valence-corrected chi connectivity index (χ3v) is 2.79. The second kappa shape index (κ2) is 6.60. The van der Waals surface area contributed by atoms with Crippen LogP contribution >= 0.6 is 0 Å². The molecule has 0 saturated carbocycles. The molecule has 0 aliphatic carbocycles. The van der Waals surface area contributed by atoms with Gasteiger partial charge in [-0.15, -0.1) is 0 Å². The molecule has 0 bridgehead atoms. The van der Waals surface area contributed by atoms with E-state index in [9.17, 15) is 9.59 Å². The second-order valence-corrected chi connectivity index (χ2v) is 4.02. The molecule has 0 fully saturated rings. The summed E-state index contributed by atoms with van der Waals surface area (Å²) in [5.41, 5.74) is 0.886. The average Bonchev–Trinajstić information content (AvgIpc) is 2.98. The Bertz CT molecular complexity index is 615. The van der Waals surface area contributed by atoms with Gasteiger partial charge in [-0.25, -0.2) is 9.59 Å². The Morgan fingerprint density at radius 2 is 1.90 bits per heavy atom. The van der Waals surface area contributed by atoms with Gasteiger partial charge in [-0.3, -0.25) is 0 Å². The van der Waals surface area contributed by atoms with E-state index in [2.05, 4.69) is 4.74 Å². The summed E-state index contributed by atoms with van der Waals surface area (Å²) in [6.45, 7) is 0.151. The standard InChI is InChI=1S/C15H14O6/c1-18-14(16)5-3-4-11(15(17)19-2)10-6-7-12-13(8-10)21-9-20-12/h3-8H,9H2,1-2H3. The molecule has 0 aromatic heterocycles. The second-order valence-electron chi connectivity index (χ2n) is 4.02. The zero-order chi connectivity index (χ0) is 15.2. The molecule has 0 atom stereocenters. The molecule has 0 N–H and O–H groups in total. The van der Waals surface area contributed by atoms with Crippen LogP contribution in [0.2, 0.25) is 0 Å². The molecule has 6 nitrogen and oxygen atoms in total. The highest BCUT2D eigenvalue weighted by molar-refractivity contribution is 6.17. The van der Waals surface area contributed by atoms with Gasteiger partial charge < -0.3 is 18.9 Å². The summed E-state index contributed by atoms with van der Waals surface area (Å²) in [4.78, 5) is 22.9. The molecular formula is C15H14O6. The van der Waals surface area contributed by atoms with Crippen molar-refractivity contribution in [3.63, 3.8) is 0 Å². The van der Waals surface area contributed by atoms with E-state index in [4.69, 9.17) is 14.2 Å². The summed E-state index contributed by atoms with van der Waals surface area (Å²) in [6.07, 6.45) is 4.10. The number of benzene rings is 1. The highest BCUT2D eigenvalue weighted by Gasteiger charge is 2.18. The van der Waals surface area contributed by atoms with E-state index in [1.165, 1.54) is 32.4 Å². The number of hydrogen-bond acceptors (Lipinski definition) is 6. The van der Waals surface area contributed by atoms with Gasteiger partial charge >= 0.3 is 11.9 Å². The molecule has 0 amide bonds. The molecule has 0 radical (unpaired) electrons. The first-order chi connectivity index (χ1) is 10.2. The lowest BCUT2D eigenvalue weighted by Crippen LogP contribution is -2.04. The lowest BCUT2D eigenvalue weighted by Gasteiger charge is -2.06. The minimum absolute atomic E-state index is 0.151.